The van der Waals surface area contributed by atoms with Gasteiger partial charge in [-0.15, -0.1) is 5.73 Å². The van der Waals surface area contributed by atoms with Crippen molar-refractivity contribution < 1.29 is 0 Å². The molecule has 1 aliphatic rings. The molecule has 0 heteroatoms. The number of rotatable bonds is 1. The van der Waals surface area contributed by atoms with E-state index >= 15 is 0 Å². The minimum Gasteiger partial charge on any atom is -0.133 e. The second kappa shape index (κ2) is 9.73. The highest BCUT2D eigenvalue weighted by Gasteiger charge is 2.05. The Labute approximate surface area is 102 Å². The molecule has 0 heterocycles. The van der Waals surface area contributed by atoms with Crippen molar-refractivity contribution in [3.63, 3.8) is 0 Å². The van der Waals surface area contributed by atoms with Crippen molar-refractivity contribution in [2.75, 3.05) is 0 Å². The van der Waals surface area contributed by atoms with E-state index < -0.39 is 0 Å². The largest absolute Gasteiger partial charge is 0.133 e. The van der Waals surface area contributed by atoms with Gasteiger partial charge in [0.25, 0.3) is 0 Å². The maximum atomic E-state index is 3.72. The summed E-state index contributed by atoms with van der Waals surface area (Å²) in [6.45, 7) is 3.72. The third-order valence-corrected chi connectivity index (χ3v) is 3.75. The molecule has 0 N–H and O–H groups in total. The first-order valence-electron chi connectivity index (χ1n) is 7.29. The summed E-state index contributed by atoms with van der Waals surface area (Å²) in [7, 11) is 0. The molecular formula is C16H28. The molecule has 0 radical (unpaired) electrons. The van der Waals surface area contributed by atoms with E-state index in [1.54, 1.807) is 0 Å². The summed E-state index contributed by atoms with van der Waals surface area (Å²) in [5.41, 5.74) is 2.99. The van der Waals surface area contributed by atoms with Gasteiger partial charge in [0.15, 0.2) is 0 Å². The van der Waals surface area contributed by atoms with Gasteiger partial charge in [-0.25, -0.2) is 0 Å². The molecule has 0 unspecified atom stereocenters. The minimum atomic E-state index is 0.762. The van der Waals surface area contributed by atoms with Crippen molar-refractivity contribution in [3.8, 4) is 0 Å². The van der Waals surface area contributed by atoms with Gasteiger partial charge in [-0.1, -0.05) is 70.8 Å². The van der Waals surface area contributed by atoms with Crippen molar-refractivity contribution >= 4 is 0 Å². The fourth-order valence-electron chi connectivity index (χ4n) is 2.70. The second-order valence-corrected chi connectivity index (χ2v) is 5.24. The van der Waals surface area contributed by atoms with E-state index in [9.17, 15) is 0 Å². The summed E-state index contributed by atoms with van der Waals surface area (Å²) >= 11 is 0. The molecule has 0 nitrogen and oxygen atoms in total. The molecule has 1 aliphatic carbocycles. The third kappa shape index (κ3) is 6.90. The van der Waals surface area contributed by atoms with Crippen LogP contribution in [0.25, 0.3) is 0 Å². The van der Waals surface area contributed by atoms with Gasteiger partial charge in [0, 0.05) is 0 Å². The first-order valence-corrected chi connectivity index (χ1v) is 7.29. The zero-order chi connectivity index (χ0) is 11.5. The Morgan fingerprint density at radius 3 is 1.44 bits per heavy atom. The second-order valence-electron chi connectivity index (χ2n) is 5.24. The lowest BCUT2D eigenvalue weighted by Crippen LogP contribution is -1.96. The zero-order valence-corrected chi connectivity index (χ0v) is 10.8. The normalized spacial score (nSPS) is 22.2. The molecular weight excluding hydrogens is 192 g/mol. The smallest absolute Gasteiger partial charge is 0.0158 e. The number of hydrogen-bond acceptors (Lipinski definition) is 0. The first-order chi connectivity index (χ1) is 7.93. The van der Waals surface area contributed by atoms with E-state index in [1.165, 1.54) is 77.0 Å². The van der Waals surface area contributed by atoms with Gasteiger partial charge >= 0.3 is 0 Å². The SMILES string of the molecule is C=C=CC1CCCCCCCCCCCC1. The van der Waals surface area contributed by atoms with E-state index in [0.717, 1.165) is 5.92 Å². The van der Waals surface area contributed by atoms with Crippen LogP contribution in [0.4, 0.5) is 0 Å². The van der Waals surface area contributed by atoms with E-state index in [4.69, 9.17) is 0 Å². The Morgan fingerprint density at radius 2 is 1.06 bits per heavy atom. The van der Waals surface area contributed by atoms with Crippen LogP contribution in [0.2, 0.25) is 0 Å². The zero-order valence-electron chi connectivity index (χ0n) is 10.8. The van der Waals surface area contributed by atoms with Crippen LogP contribution in [0.5, 0.6) is 0 Å². The topological polar surface area (TPSA) is 0 Å². The molecule has 0 atom stereocenters. The van der Waals surface area contributed by atoms with Crippen LogP contribution in [0.1, 0.15) is 77.0 Å². The Kier molecular flexibility index (Phi) is 8.26. The van der Waals surface area contributed by atoms with Gasteiger partial charge < -0.3 is 0 Å². The summed E-state index contributed by atoms with van der Waals surface area (Å²) in [5.74, 6) is 0.762. The Bertz CT molecular complexity index is 184. The standard InChI is InChI=1S/C16H28/c1-2-13-16-14-11-9-7-5-3-4-6-8-10-12-15-16/h13,16H,1,3-12,14-15H2. The Morgan fingerprint density at radius 1 is 0.688 bits per heavy atom. The molecule has 1 rings (SSSR count). The Hall–Kier alpha value is -0.480. The predicted molar refractivity (Wildman–Crippen MR) is 72.6 cm³/mol. The predicted octanol–water partition coefficient (Wildman–Crippen LogP) is 5.64. The van der Waals surface area contributed by atoms with E-state index in [-0.39, 0.29) is 0 Å². The Balaban J connectivity index is 2.28. The van der Waals surface area contributed by atoms with Crippen molar-refractivity contribution in [3.05, 3.63) is 18.4 Å². The lowest BCUT2D eigenvalue weighted by atomic mass is 9.95. The fraction of sp³-hybridized carbons (Fsp3) is 0.812. The van der Waals surface area contributed by atoms with E-state index in [0.29, 0.717) is 0 Å². The molecule has 0 amide bonds. The van der Waals surface area contributed by atoms with Gasteiger partial charge in [0.1, 0.15) is 0 Å². The van der Waals surface area contributed by atoms with Crippen molar-refractivity contribution in [1.82, 2.24) is 0 Å². The molecule has 0 saturated heterocycles. The maximum absolute atomic E-state index is 3.72. The highest BCUT2D eigenvalue weighted by atomic mass is 14.1. The van der Waals surface area contributed by atoms with Crippen LogP contribution in [0.15, 0.2) is 18.4 Å². The van der Waals surface area contributed by atoms with Crippen molar-refractivity contribution in [1.29, 1.82) is 0 Å². The van der Waals surface area contributed by atoms with Gasteiger partial charge in [0.2, 0.25) is 0 Å². The van der Waals surface area contributed by atoms with Crippen molar-refractivity contribution in [2.45, 2.75) is 77.0 Å². The van der Waals surface area contributed by atoms with E-state index in [1.807, 2.05) is 0 Å². The molecule has 1 saturated carbocycles. The van der Waals surface area contributed by atoms with Crippen LogP contribution >= 0.6 is 0 Å². The van der Waals surface area contributed by atoms with Crippen LogP contribution in [-0.4, -0.2) is 0 Å². The van der Waals surface area contributed by atoms with E-state index in [2.05, 4.69) is 18.4 Å². The summed E-state index contributed by atoms with van der Waals surface area (Å²) in [6, 6.07) is 0. The fourth-order valence-corrected chi connectivity index (χ4v) is 2.70. The molecule has 0 bridgehead atoms. The molecule has 0 spiro atoms. The maximum Gasteiger partial charge on any atom is -0.0158 e. The molecule has 0 aromatic rings. The van der Waals surface area contributed by atoms with Crippen LogP contribution in [-0.2, 0) is 0 Å². The molecule has 0 aliphatic heterocycles. The van der Waals surface area contributed by atoms with Gasteiger partial charge in [-0.3, -0.25) is 0 Å². The third-order valence-electron chi connectivity index (χ3n) is 3.75. The average molecular weight is 220 g/mol. The highest BCUT2D eigenvalue weighted by Crippen LogP contribution is 2.21. The quantitative estimate of drug-likeness (QED) is 0.502. The van der Waals surface area contributed by atoms with Crippen LogP contribution in [0, 0.1) is 5.92 Å². The van der Waals surface area contributed by atoms with Gasteiger partial charge in [-0.2, -0.15) is 0 Å². The minimum absolute atomic E-state index is 0.762. The number of hydrogen-bond donors (Lipinski definition) is 0. The molecule has 0 aromatic carbocycles. The lowest BCUT2D eigenvalue weighted by Gasteiger charge is -2.11. The molecule has 16 heavy (non-hydrogen) atoms. The van der Waals surface area contributed by atoms with Crippen LogP contribution in [0.3, 0.4) is 0 Å². The lowest BCUT2D eigenvalue weighted by molar-refractivity contribution is 0.477. The van der Waals surface area contributed by atoms with Gasteiger partial charge in [0.05, 0.1) is 0 Å². The number of allylic oxidation sites excluding steroid dienone is 1. The van der Waals surface area contributed by atoms with Crippen molar-refractivity contribution in [2.24, 2.45) is 5.92 Å². The molecule has 0 aromatic heterocycles. The summed E-state index contributed by atoms with van der Waals surface area (Å²) in [6.07, 6.45) is 19.4. The summed E-state index contributed by atoms with van der Waals surface area (Å²) in [5, 5.41) is 0. The average Bonchev–Trinajstić information content (AvgIpc) is 2.31. The van der Waals surface area contributed by atoms with Crippen LogP contribution < -0.4 is 0 Å². The molecule has 1 fully saturated rings. The first kappa shape index (κ1) is 13.6. The monoisotopic (exact) mass is 220 g/mol. The highest BCUT2D eigenvalue weighted by molar-refractivity contribution is 4.84. The van der Waals surface area contributed by atoms with Gasteiger partial charge in [-0.05, 0) is 24.8 Å². The summed E-state index contributed by atoms with van der Waals surface area (Å²) in [4.78, 5) is 0. The molecule has 92 valence electrons. The summed E-state index contributed by atoms with van der Waals surface area (Å²) < 4.78 is 0.